The molecule has 7 heteroatoms. The molecule has 0 saturated carbocycles. The van der Waals surface area contributed by atoms with Crippen LogP contribution in [-0.4, -0.2) is 26.5 Å². The number of nitrogens with zero attached hydrogens (tertiary/aromatic N) is 3. The molecule has 0 aliphatic carbocycles. The smallest absolute Gasteiger partial charge is 0.238 e. The van der Waals surface area contributed by atoms with Gasteiger partial charge in [-0.3, -0.25) is 9.20 Å². The largest absolute Gasteiger partial charge is 0.347 e. The van der Waals surface area contributed by atoms with Gasteiger partial charge in [0.2, 0.25) is 5.91 Å². The van der Waals surface area contributed by atoms with Crippen molar-refractivity contribution in [2.75, 3.05) is 0 Å². The van der Waals surface area contributed by atoms with E-state index in [9.17, 15) is 4.79 Å². The van der Waals surface area contributed by atoms with Gasteiger partial charge in [0, 0.05) is 12.2 Å². The zero-order valence-corrected chi connectivity index (χ0v) is 13.0. The van der Waals surface area contributed by atoms with Crippen molar-refractivity contribution in [2.24, 2.45) is 0 Å². The Bertz CT molecular complexity index is 846. The highest BCUT2D eigenvalue weighted by atomic mass is 16.2. The number of carbonyl (C=O) groups is 1. The predicted molar refractivity (Wildman–Crippen MR) is 88.7 cm³/mol. The van der Waals surface area contributed by atoms with E-state index in [-0.39, 0.29) is 18.0 Å². The second-order valence-electron chi connectivity index (χ2n) is 5.80. The Morgan fingerprint density at radius 1 is 1.12 bits per heavy atom. The van der Waals surface area contributed by atoms with Crippen molar-refractivity contribution < 1.29 is 4.79 Å². The van der Waals surface area contributed by atoms with Crippen LogP contribution in [0.25, 0.3) is 5.65 Å². The summed E-state index contributed by atoms with van der Waals surface area (Å²) < 4.78 is 1.87. The molecular weight excluding hydrogens is 304 g/mol. The Morgan fingerprint density at radius 3 is 2.83 bits per heavy atom. The minimum atomic E-state index is -0.269. The summed E-state index contributed by atoms with van der Waals surface area (Å²) in [6.45, 7) is 0.345. The van der Waals surface area contributed by atoms with Crippen molar-refractivity contribution in [1.82, 2.24) is 30.8 Å². The summed E-state index contributed by atoms with van der Waals surface area (Å²) in [5.41, 5.74) is 8.19. The fourth-order valence-electron chi connectivity index (χ4n) is 2.93. The first-order chi connectivity index (χ1) is 11.8. The normalized spacial score (nSPS) is 20.3. The van der Waals surface area contributed by atoms with Crippen LogP contribution in [0, 0.1) is 0 Å². The van der Waals surface area contributed by atoms with Crippen molar-refractivity contribution in [2.45, 2.75) is 25.0 Å². The summed E-state index contributed by atoms with van der Waals surface area (Å²) in [4.78, 5) is 12.4. The average molecular weight is 322 g/mol. The van der Waals surface area contributed by atoms with Crippen LogP contribution in [0.3, 0.4) is 0 Å². The highest BCUT2D eigenvalue weighted by Crippen LogP contribution is 2.21. The fourth-order valence-corrected chi connectivity index (χ4v) is 2.93. The summed E-state index contributed by atoms with van der Waals surface area (Å²) in [5.74, 6) is 0.665. The van der Waals surface area contributed by atoms with Gasteiger partial charge in [-0.1, -0.05) is 36.4 Å². The Balaban J connectivity index is 1.37. The molecule has 1 saturated heterocycles. The summed E-state index contributed by atoms with van der Waals surface area (Å²) >= 11 is 0. The van der Waals surface area contributed by atoms with Gasteiger partial charge in [0.1, 0.15) is 6.04 Å². The average Bonchev–Trinajstić information content (AvgIpc) is 3.28. The number of hydrogen-bond acceptors (Lipinski definition) is 5. The van der Waals surface area contributed by atoms with Gasteiger partial charge in [0.05, 0.1) is 6.54 Å². The maximum Gasteiger partial charge on any atom is 0.238 e. The molecule has 2 atom stereocenters. The second kappa shape index (κ2) is 6.38. The van der Waals surface area contributed by atoms with Crippen molar-refractivity contribution in [3.63, 3.8) is 0 Å². The van der Waals surface area contributed by atoms with Gasteiger partial charge in [0.25, 0.3) is 0 Å². The van der Waals surface area contributed by atoms with Gasteiger partial charge in [-0.15, -0.1) is 10.2 Å². The lowest BCUT2D eigenvalue weighted by atomic mass is 10.0. The summed E-state index contributed by atoms with van der Waals surface area (Å²) in [6.07, 6.45) is 2.59. The molecule has 1 fully saturated rings. The molecule has 3 aromatic rings. The molecule has 3 N–H and O–H groups in total. The molecule has 24 heavy (non-hydrogen) atoms. The van der Waals surface area contributed by atoms with E-state index in [2.05, 4.69) is 38.5 Å². The molecule has 1 aromatic carbocycles. The number of amides is 1. The van der Waals surface area contributed by atoms with Crippen molar-refractivity contribution in [3.05, 3.63) is 66.1 Å². The van der Waals surface area contributed by atoms with E-state index in [1.807, 2.05) is 47.0 Å². The lowest BCUT2D eigenvalue weighted by molar-refractivity contribution is -0.123. The summed E-state index contributed by atoms with van der Waals surface area (Å²) in [7, 11) is 0. The molecule has 0 spiro atoms. The number of fused-ring (bicyclic) bond motifs is 1. The van der Waals surface area contributed by atoms with Crippen LogP contribution in [0.2, 0.25) is 0 Å². The van der Waals surface area contributed by atoms with Crippen LogP contribution in [0.4, 0.5) is 0 Å². The third-order valence-electron chi connectivity index (χ3n) is 4.23. The Kier molecular flexibility index (Phi) is 3.94. The van der Waals surface area contributed by atoms with Gasteiger partial charge >= 0.3 is 0 Å². The van der Waals surface area contributed by atoms with Gasteiger partial charge in [-0.25, -0.2) is 10.9 Å². The Labute approximate surface area is 139 Å². The summed E-state index contributed by atoms with van der Waals surface area (Å²) in [5, 5.41) is 11.1. The van der Waals surface area contributed by atoms with E-state index >= 15 is 0 Å². The Hall–Kier alpha value is -2.77. The lowest BCUT2D eigenvalue weighted by Crippen LogP contribution is -2.43. The first-order valence-electron chi connectivity index (χ1n) is 7.93. The van der Waals surface area contributed by atoms with E-state index < -0.39 is 0 Å². The van der Waals surface area contributed by atoms with E-state index in [0.29, 0.717) is 18.8 Å². The van der Waals surface area contributed by atoms with Crippen LogP contribution in [0.5, 0.6) is 0 Å². The SMILES string of the molecule is O=C(NCc1nnc2ccccn12)C1CC(c2ccccc2)NN1. The van der Waals surface area contributed by atoms with E-state index in [1.54, 1.807) is 0 Å². The summed E-state index contributed by atoms with van der Waals surface area (Å²) in [6, 6.07) is 15.7. The zero-order chi connectivity index (χ0) is 16.4. The molecular formula is C17H18N6O. The van der Waals surface area contributed by atoms with Crippen molar-refractivity contribution in [3.8, 4) is 0 Å². The molecule has 7 nitrogen and oxygen atoms in total. The molecule has 1 amide bonds. The van der Waals surface area contributed by atoms with E-state index in [0.717, 1.165) is 5.65 Å². The number of nitrogens with one attached hydrogen (secondary N) is 3. The zero-order valence-electron chi connectivity index (χ0n) is 13.0. The van der Waals surface area contributed by atoms with Crippen molar-refractivity contribution >= 4 is 11.6 Å². The molecule has 122 valence electrons. The topological polar surface area (TPSA) is 83.4 Å². The number of benzene rings is 1. The minimum Gasteiger partial charge on any atom is -0.347 e. The number of rotatable bonds is 4. The molecule has 0 bridgehead atoms. The molecule has 4 rings (SSSR count). The third-order valence-corrected chi connectivity index (χ3v) is 4.23. The molecule has 1 aliphatic heterocycles. The van der Waals surface area contributed by atoms with Gasteiger partial charge in [0.15, 0.2) is 11.5 Å². The van der Waals surface area contributed by atoms with Crippen LogP contribution in [0.1, 0.15) is 23.9 Å². The molecule has 2 unspecified atom stereocenters. The predicted octanol–water partition coefficient (Wildman–Crippen LogP) is 0.953. The standard InChI is InChI=1S/C17H18N6O/c24-17(14-10-13(19-20-14)12-6-2-1-3-7-12)18-11-16-22-21-15-8-4-5-9-23(15)16/h1-9,13-14,19-20H,10-11H2,(H,18,24). The molecule has 0 radical (unpaired) electrons. The first kappa shape index (κ1) is 14.8. The quantitative estimate of drug-likeness (QED) is 0.666. The van der Waals surface area contributed by atoms with Crippen LogP contribution in [-0.2, 0) is 11.3 Å². The number of aromatic nitrogens is 3. The number of pyridine rings is 1. The fraction of sp³-hybridized carbons (Fsp3) is 0.235. The molecule has 3 heterocycles. The van der Waals surface area contributed by atoms with Crippen LogP contribution < -0.4 is 16.2 Å². The Morgan fingerprint density at radius 2 is 1.96 bits per heavy atom. The highest BCUT2D eigenvalue weighted by Gasteiger charge is 2.29. The maximum atomic E-state index is 12.4. The van der Waals surface area contributed by atoms with Crippen LogP contribution in [0.15, 0.2) is 54.7 Å². The van der Waals surface area contributed by atoms with Gasteiger partial charge in [-0.2, -0.15) is 0 Å². The minimum absolute atomic E-state index is 0.0476. The molecule has 1 aliphatic rings. The van der Waals surface area contributed by atoms with Gasteiger partial charge in [-0.05, 0) is 24.1 Å². The maximum absolute atomic E-state index is 12.4. The molecule has 2 aromatic heterocycles. The van der Waals surface area contributed by atoms with Gasteiger partial charge < -0.3 is 5.32 Å². The third kappa shape index (κ3) is 2.86. The van der Waals surface area contributed by atoms with Crippen LogP contribution >= 0.6 is 0 Å². The number of carbonyl (C=O) groups excluding carboxylic acids is 1. The van der Waals surface area contributed by atoms with Crippen molar-refractivity contribution in [1.29, 1.82) is 0 Å². The highest BCUT2D eigenvalue weighted by molar-refractivity contribution is 5.82. The van der Waals surface area contributed by atoms with E-state index in [4.69, 9.17) is 0 Å². The van der Waals surface area contributed by atoms with E-state index in [1.165, 1.54) is 5.56 Å². The number of hydrazine groups is 1. The first-order valence-corrected chi connectivity index (χ1v) is 7.93. The second-order valence-corrected chi connectivity index (χ2v) is 5.80. The monoisotopic (exact) mass is 322 g/mol. The lowest BCUT2D eigenvalue weighted by Gasteiger charge is -2.10. The number of hydrogen-bond donors (Lipinski definition) is 3.